The lowest BCUT2D eigenvalue weighted by Gasteiger charge is -2.28. The molecule has 1 saturated heterocycles. The highest BCUT2D eigenvalue weighted by atomic mass is 16.5. The molecule has 5 heteroatoms. The number of benzene rings is 1. The van der Waals surface area contributed by atoms with Crippen molar-refractivity contribution in [2.45, 2.75) is 38.2 Å². The molecule has 1 aromatic carbocycles. The molecular weight excluding hydrogens is 306 g/mol. The third-order valence-electron chi connectivity index (χ3n) is 6.10. The number of nitrogens with zero attached hydrogens (tertiary/aromatic N) is 1. The number of likely N-dealkylation sites (tertiary alicyclic amines) is 1. The highest BCUT2D eigenvalue weighted by molar-refractivity contribution is 5.81. The number of amides is 1. The van der Waals surface area contributed by atoms with Gasteiger partial charge in [-0.1, -0.05) is 30.7 Å². The Kier molecular flexibility index (Phi) is 3.83. The summed E-state index contributed by atoms with van der Waals surface area (Å²) in [5.41, 5.74) is 1.65. The first-order chi connectivity index (χ1) is 11.6. The van der Waals surface area contributed by atoms with Gasteiger partial charge in [0.2, 0.25) is 5.91 Å². The first kappa shape index (κ1) is 15.6. The number of carbonyl (C=O) groups excluding carboxylic acids is 1. The van der Waals surface area contributed by atoms with Crippen LogP contribution in [0.2, 0.25) is 0 Å². The smallest absolute Gasteiger partial charge is 0.311 e. The van der Waals surface area contributed by atoms with Gasteiger partial charge in [-0.05, 0) is 36.3 Å². The Hall–Kier alpha value is -1.88. The summed E-state index contributed by atoms with van der Waals surface area (Å²) in [6.07, 6.45) is 3.55. The van der Waals surface area contributed by atoms with Crippen LogP contribution in [0.15, 0.2) is 24.3 Å². The number of hydrogen-bond donors (Lipinski definition) is 1. The Labute approximate surface area is 141 Å². The molecule has 2 heterocycles. The number of carboxylic acid groups (broad SMARTS) is 1. The van der Waals surface area contributed by atoms with E-state index in [4.69, 9.17) is 4.74 Å². The SMILES string of the molecule is O=C(CC1OCCc2ccccc21)N1C[C@@H]2CCC[C@@]2(C(=O)O)C1. The van der Waals surface area contributed by atoms with E-state index in [1.807, 2.05) is 18.2 Å². The van der Waals surface area contributed by atoms with Crippen molar-refractivity contribution in [2.24, 2.45) is 11.3 Å². The van der Waals surface area contributed by atoms with Crippen LogP contribution in [-0.4, -0.2) is 41.6 Å². The van der Waals surface area contributed by atoms with Crippen LogP contribution in [0.4, 0.5) is 0 Å². The van der Waals surface area contributed by atoms with Gasteiger partial charge in [-0.3, -0.25) is 9.59 Å². The Morgan fingerprint density at radius 1 is 1.33 bits per heavy atom. The van der Waals surface area contributed by atoms with Gasteiger partial charge in [0.05, 0.1) is 24.5 Å². The molecule has 1 unspecified atom stereocenters. The van der Waals surface area contributed by atoms with Crippen LogP contribution in [-0.2, 0) is 20.7 Å². The van der Waals surface area contributed by atoms with E-state index in [1.54, 1.807) is 4.90 Å². The van der Waals surface area contributed by atoms with E-state index in [9.17, 15) is 14.7 Å². The molecule has 0 bridgehead atoms. The van der Waals surface area contributed by atoms with E-state index < -0.39 is 11.4 Å². The molecule has 4 rings (SSSR count). The fourth-order valence-electron chi connectivity index (χ4n) is 4.76. The number of hydrogen-bond acceptors (Lipinski definition) is 3. The normalized spacial score (nSPS) is 31.6. The van der Waals surface area contributed by atoms with Crippen LogP contribution in [0.5, 0.6) is 0 Å². The zero-order valence-electron chi connectivity index (χ0n) is 13.7. The zero-order valence-corrected chi connectivity index (χ0v) is 13.7. The Morgan fingerprint density at radius 2 is 2.17 bits per heavy atom. The minimum atomic E-state index is -0.737. The van der Waals surface area contributed by atoms with Crippen molar-refractivity contribution in [3.63, 3.8) is 0 Å². The lowest BCUT2D eigenvalue weighted by atomic mass is 9.81. The summed E-state index contributed by atoms with van der Waals surface area (Å²) < 4.78 is 5.84. The highest BCUT2D eigenvalue weighted by Gasteiger charge is 2.55. The number of ether oxygens (including phenoxy) is 1. The van der Waals surface area contributed by atoms with E-state index in [0.29, 0.717) is 32.5 Å². The van der Waals surface area contributed by atoms with Crippen LogP contribution in [0, 0.1) is 11.3 Å². The monoisotopic (exact) mass is 329 g/mol. The van der Waals surface area contributed by atoms with Gasteiger partial charge in [-0.25, -0.2) is 0 Å². The maximum Gasteiger partial charge on any atom is 0.311 e. The van der Waals surface area contributed by atoms with Gasteiger partial charge in [0.1, 0.15) is 0 Å². The fraction of sp³-hybridized carbons (Fsp3) is 0.579. The van der Waals surface area contributed by atoms with Crippen LogP contribution < -0.4 is 0 Å². The number of carbonyl (C=O) groups is 2. The van der Waals surface area contributed by atoms with Gasteiger partial charge in [0.25, 0.3) is 0 Å². The predicted octanol–water partition coefficient (Wildman–Crippen LogP) is 2.40. The van der Waals surface area contributed by atoms with Gasteiger partial charge in [0.15, 0.2) is 0 Å². The fourth-order valence-corrected chi connectivity index (χ4v) is 4.76. The molecule has 0 radical (unpaired) electrons. The molecule has 0 spiro atoms. The predicted molar refractivity (Wildman–Crippen MR) is 87.4 cm³/mol. The van der Waals surface area contributed by atoms with Crippen molar-refractivity contribution in [2.75, 3.05) is 19.7 Å². The molecule has 2 aliphatic heterocycles. The second-order valence-corrected chi connectivity index (χ2v) is 7.34. The summed E-state index contributed by atoms with van der Waals surface area (Å²) in [6, 6.07) is 8.12. The van der Waals surface area contributed by atoms with E-state index in [0.717, 1.165) is 24.8 Å². The minimum Gasteiger partial charge on any atom is -0.481 e. The molecule has 3 atom stereocenters. The summed E-state index contributed by atoms with van der Waals surface area (Å²) in [4.78, 5) is 26.3. The summed E-state index contributed by atoms with van der Waals surface area (Å²) in [5, 5.41) is 9.66. The molecule has 1 N–H and O–H groups in total. The average Bonchev–Trinajstić information content (AvgIpc) is 3.13. The molecule has 1 aromatic rings. The molecule has 1 aliphatic carbocycles. The lowest BCUT2D eigenvalue weighted by Crippen LogP contribution is -2.37. The summed E-state index contributed by atoms with van der Waals surface area (Å²) in [5.74, 6) is -0.607. The van der Waals surface area contributed by atoms with Crippen molar-refractivity contribution in [3.8, 4) is 0 Å². The summed E-state index contributed by atoms with van der Waals surface area (Å²) >= 11 is 0. The second kappa shape index (κ2) is 5.88. The first-order valence-corrected chi connectivity index (χ1v) is 8.81. The van der Waals surface area contributed by atoms with Crippen molar-refractivity contribution in [1.29, 1.82) is 0 Å². The molecule has 128 valence electrons. The Balaban J connectivity index is 1.48. The Morgan fingerprint density at radius 3 is 2.96 bits per heavy atom. The zero-order chi connectivity index (χ0) is 16.7. The maximum atomic E-state index is 12.8. The molecule has 1 amide bonds. The quantitative estimate of drug-likeness (QED) is 0.925. The molecular formula is C19H23NO4. The topological polar surface area (TPSA) is 66.8 Å². The molecule has 5 nitrogen and oxygen atoms in total. The van der Waals surface area contributed by atoms with Gasteiger partial charge in [-0.2, -0.15) is 0 Å². The van der Waals surface area contributed by atoms with E-state index >= 15 is 0 Å². The van der Waals surface area contributed by atoms with E-state index in [2.05, 4.69) is 6.07 Å². The molecule has 24 heavy (non-hydrogen) atoms. The van der Waals surface area contributed by atoms with Crippen molar-refractivity contribution < 1.29 is 19.4 Å². The van der Waals surface area contributed by atoms with Gasteiger partial charge < -0.3 is 14.7 Å². The van der Waals surface area contributed by atoms with Crippen LogP contribution in [0.3, 0.4) is 0 Å². The highest BCUT2D eigenvalue weighted by Crippen LogP contribution is 2.49. The molecule has 2 fully saturated rings. The third kappa shape index (κ3) is 2.42. The second-order valence-electron chi connectivity index (χ2n) is 7.34. The minimum absolute atomic E-state index is 0.0201. The van der Waals surface area contributed by atoms with E-state index in [-0.39, 0.29) is 17.9 Å². The van der Waals surface area contributed by atoms with Crippen molar-refractivity contribution in [1.82, 2.24) is 4.90 Å². The largest absolute Gasteiger partial charge is 0.481 e. The maximum absolute atomic E-state index is 12.8. The standard InChI is InChI=1S/C19H23NO4/c21-17(10-16-15-6-2-1-4-13(15)7-9-24-16)20-11-14-5-3-8-19(14,12-20)18(22)23/h1-2,4,6,14,16H,3,5,7-12H2,(H,22,23)/t14-,16?,19+/m0/s1. The number of fused-ring (bicyclic) bond motifs is 2. The molecule has 3 aliphatic rings. The third-order valence-corrected chi connectivity index (χ3v) is 6.10. The van der Waals surface area contributed by atoms with Crippen LogP contribution >= 0.6 is 0 Å². The number of carboxylic acids is 1. The van der Waals surface area contributed by atoms with E-state index in [1.165, 1.54) is 5.56 Å². The van der Waals surface area contributed by atoms with Crippen molar-refractivity contribution >= 4 is 11.9 Å². The number of aliphatic carboxylic acids is 1. The lowest BCUT2D eigenvalue weighted by molar-refractivity contribution is -0.149. The van der Waals surface area contributed by atoms with Gasteiger partial charge in [0, 0.05) is 13.1 Å². The van der Waals surface area contributed by atoms with Crippen molar-refractivity contribution in [3.05, 3.63) is 35.4 Å². The van der Waals surface area contributed by atoms with Crippen LogP contribution in [0.1, 0.15) is 42.9 Å². The average molecular weight is 329 g/mol. The van der Waals surface area contributed by atoms with Gasteiger partial charge in [-0.15, -0.1) is 0 Å². The first-order valence-electron chi connectivity index (χ1n) is 8.81. The van der Waals surface area contributed by atoms with Crippen LogP contribution in [0.25, 0.3) is 0 Å². The summed E-state index contributed by atoms with van der Waals surface area (Å²) in [6.45, 7) is 1.58. The molecule has 1 saturated carbocycles. The number of rotatable bonds is 3. The Bertz CT molecular complexity index is 673. The molecule has 0 aromatic heterocycles. The summed E-state index contributed by atoms with van der Waals surface area (Å²) in [7, 11) is 0. The van der Waals surface area contributed by atoms with Gasteiger partial charge >= 0.3 is 5.97 Å².